The highest BCUT2D eigenvalue weighted by Crippen LogP contribution is 2.38. The molecule has 0 saturated heterocycles. The number of carbonyl (C=O) groups excluding carboxylic acids is 1. The van der Waals surface area contributed by atoms with Crippen LogP contribution in [0.3, 0.4) is 0 Å². The summed E-state index contributed by atoms with van der Waals surface area (Å²) in [5.74, 6) is -0.500. The number of esters is 1. The zero-order valence-corrected chi connectivity index (χ0v) is 25.8. The van der Waals surface area contributed by atoms with E-state index in [-0.39, 0.29) is 45.0 Å². The second-order valence-corrected chi connectivity index (χ2v) is 12.8. The number of hydrogen-bond acceptors (Lipinski definition) is 8. The molecule has 4 rings (SSSR count). The SMILES string of the molecule is CN(C)CCNS(=O)(=O)c1ccc(C(=O)OC(Cc2c(Cl)cncc2Cl)c2ccc(OC(F)F)c(OCC3CC3)c2)cc1. The molecule has 1 aliphatic rings. The first-order valence-electron chi connectivity index (χ1n) is 13.4. The molecule has 9 nitrogen and oxygen atoms in total. The van der Waals surface area contributed by atoms with Crippen LogP contribution in [0.2, 0.25) is 10.0 Å². The van der Waals surface area contributed by atoms with Gasteiger partial charge in [-0.3, -0.25) is 4.98 Å². The first-order chi connectivity index (χ1) is 20.4. The molecule has 0 amide bonds. The number of rotatable bonds is 15. The van der Waals surface area contributed by atoms with Gasteiger partial charge >= 0.3 is 12.6 Å². The summed E-state index contributed by atoms with van der Waals surface area (Å²) in [6.07, 6.45) is 3.79. The molecule has 0 spiro atoms. The molecular weight excluding hydrogens is 627 g/mol. The molecule has 0 bridgehead atoms. The zero-order chi connectivity index (χ0) is 31.1. The van der Waals surface area contributed by atoms with Gasteiger partial charge in [-0.25, -0.2) is 17.9 Å². The zero-order valence-electron chi connectivity index (χ0n) is 23.4. The van der Waals surface area contributed by atoms with E-state index >= 15 is 0 Å². The number of sulfonamides is 1. The molecule has 1 N–H and O–H groups in total. The molecule has 1 saturated carbocycles. The number of carbonyl (C=O) groups is 1. The van der Waals surface area contributed by atoms with E-state index in [9.17, 15) is 22.0 Å². The van der Waals surface area contributed by atoms with Gasteiger partial charge in [-0.2, -0.15) is 8.78 Å². The van der Waals surface area contributed by atoms with E-state index in [2.05, 4.69) is 14.4 Å². The van der Waals surface area contributed by atoms with Gasteiger partial charge in [0.15, 0.2) is 11.5 Å². The van der Waals surface area contributed by atoms with Gasteiger partial charge in [0.25, 0.3) is 0 Å². The summed E-state index contributed by atoms with van der Waals surface area (Å²) >= 11 is 12.7. The molecule has 1 heterocycles. The third-order valence-electron chi connectivity index (χ3n) is 6.57. The molecule has 14 heteroatoms. The summed E-state index contributed by atoms with van der Waals surface area (Å²) in [6, 6.07) is 9.59. The van der Waals surface area contributed by atoms with Gasteiger partial charge in [-0.15, -0.1) is 0 Å². The smallest absolute Gasteiger partial charge is 0.387 e. The van der Waals surface area contributed by atoms with Crippen LogP contribution < -0.4 is 14.2 Å². The second kappa shape index (κ2) is 14.6. The predicted molar refractivity (Wildman–Crippen MR) is 158 cm³/mol. The van der Waals surface area contributed by atoms with Crippen molar-refractivity contribution < 1.29 is 36.2 Å². The fourth-order valence-electron chi connectivity index (χ4n) is 4.02. The van der Waals surface area contributed by atoms with E-state index in [4.69, 9.17) is 32.7 Å². The minimum atomic E-state index is -3.78. The average Bonchev–Trinajstić information content (AvgIpc) is 3.78. The lowest BCUT2D eigenvalue weighted by Crippen LogP contribution is -2.31. The van der Waals surface area contributed by atoms with Crippen molar-refractivity contribution in [2.24, 2.45) is 5.92 Å². The van der Waals surface area contributed by atoms with E-state index < -0.39 is 28.7 Å². The van der Waals surface area contributed by atoms with Crippen LogP contribution in [0, 0.1) is 5.92 Å². The molecule has 43 heavy (non-hydrogen) atoms. The lowest BCUT2D eigenvalue weighted by atomic mass is 10.0. The number of alkyl halides is 2. The predicted octanol–water partition coefficient (Wildman–Crippen LogP) is 5.76. The van der Waals surface area contributed by atoms with Crippen molar-refractivity contribution in [3.8, 4) is 11.5 Å². The number of ether oxygens (including phenoxy) is 3. The van der Waals surface area contributed by atoms with Gasteiger partial charge < -0.3 is 19.1 Å². The number of halogens is 4. The molecule has 1 aliphatic carbocycles. The monoisotopic (exact) mass is 657 g/mol. The fourth-order valence-corrected chi connectivity index (χ4v) is 5.56. The largest absolute Gasteiger partial charge is 0.489 e. The lowest BCUT2D eigenvalue weighted by molar-refractivity contribution is -0.0515. The molecule has 1 unspecified atom stereocenters. The van der Waals surface area contributed by atoms with E-state index in [1.54, 1.807) is 0 Å². The number of benzene rings is 2. The molecule has 2 aromatic carbocycles. The summed E-state index contributed by atoms with van der Waals surface area (Å²) in [5, 5.41) is 0.487. The summed E-state index contributed by atoms with van der Waals surface area (Å²) in [6.45, 7) is -2.00. The first-order valence-corrected chi connectivity index (χ1v) is 15.6. The van der Waals surface area contributed by atoms with Gasteiger partial charge in [0, 0.05) is 31.9 Å². The van der Waals surface area contributed by atoms with E-state index in [1.807, 2.05) is 19.0 Å². The van der Waals surface area contributed by atoms with Crippen molar-refractivity contribution in [3.63, 3.8) is 0 Å². The topological polar surface area (TPSA) is 107 Å². The lowest BCUT2D eigenvalue weighted by Gasteiger charge is -2.21. The van der Waals surface area contributed by atoms with Crippen molar-refractivity contribution in [1.29, 1.82) is 0 Å². The van der Waals surface area contributed by atoms with E-state index in [1.165, 1.54) is 54.9 Å². The molecule has 1 aromatic heterocycles. The van der Waals surface area contributed by atoms with Gasteiger partial charge in [0.05, 0.1) is 27.1 Å². The quantitative estimate of drug-likeness (QED) is 0.206. The number of pyridine rings is 1. The molecule has 3 aromatic rings. The highest BCUT2D eigenvalue weighted by atomic mass is 35.5. The normalized spacial score (nSPS) is 14.1. The standard InChI is InChI=1S/C29H31Cl2F2N3O6S/c1-36(2)12-11-35-43(38,39)21-8-5-19(6-9-21)28(37)41-26(14-22-23(30)15-34-16-24(22)31)20-7-10-25(42-29(32)33)27(13-20)40-17-18-3-4-18/h5-10,13,15-16,18,26,29,35H,3-4,11-12,14,17H2,1-2H3. The van der Waals surface area contributed by atoms with Crippen LogP contribution in [0.1, 0.15) is 40.4 Å². The van der Waals surface area contributed by atoms with Crippen molar-refractivity contribution >= 4 is 39.2 Å². The van der Waals surface area contributed by atoms with Crippen molar-refractivity contribution in [3.05, 3.63) is 81.6 Å². The molecule has 1 atom stereocenters. The molecule has 0 radical (unpaired) electrons. The number of aromatic nitrogens is 1. The Kier molecular flexibility index (Phi) is 11.2. The van der Waals surface area contributed by atoms with Gasteiger partial charge in [-0.05, 0) is 80.4 Å². The number of nitrogens with one attached hydrogen (secondary N) is 1. The Hall–Kier alpha value is -3.03. The molecule has 232 valence electrons. The Balaban J connectivity index is 1.60. The third-order valence-corrected chi connectivity index (χ3v) is 8.70. The van der Waals surface area contributed by atoms with E-state index in [0.717, 1.165) is 12.8 Å². The Labute approximate surface area is 259 Å². The van der Waals surface area contributed by atoms with Crippen molar-refractivity contribution in [2.45, 2.75) is 36.9 Å². The Morgan fingerprint density at radius 3 is 2.35 bits per heavy atom. The second-order valence-electron chi connectivity index (χ2n) is 10.2. The van der Waals surface area contributed by atoms with Gasteiger partial charge in [0.2, 0.25) is 10.0 Å². The maximum absolute atomic E-state index is 13.3. The average molecular weight is 659 g/mol. The summed E-state index contributed by atoms with van der Waals surface area (Å²) in [5.41, 5.74) is 0.954. The number of nitrogens with zero attached hydrogens (tertiary/aromatic N) is 2. The Morgan fingerprint density at radius 2 is 1.74 bits per heavy atom. The summed E-state index contributed by atoms with van der Waals surface area (Å²) in [4.78, 5) is 19.1. The highest BCUT2D eigenvalue weighted by Gasteiger charge is 2.26. The van der Waals surface area contributed by atoms with Crippen LogP contribution in [-0.2, 0) is 21.2 Å². The van der Waals surface area contributed by atoms with Crippen molar-refractivity contribution in [1.82, 2.24) is 14.6 Å². The molecular formula is C29H31Cl2F2N3O6S. The van der Waals surface area contributed by atoms with Crippen LogP contribution in [0.5, 0.6) is 11.5 Å². The number of likely N-dealkylation sites (N-methyl/N-ethyl adjacent to an activating group) is 1. The molecule has 1 fully saturated rings. The van der Waals surface area contributed by atoms with Crippen LogP contribution in [0.15, 0.2) is 59.8 Å². The minimum Gasteiger partial charge on any atom is -0.489 e. The highest BCUT2D eigenvalue weighted by molar-refractivity contribution is 7.89. The Bertz CT molecular complexity index is 1500. The van der Waals surface area contributed by atoms with Crippen LogP contribution in [0.4, 0.5) is 8.78 Å². The van der Waals surface area contributed by atoms with Crippen LogP contribution >= 0.6 is 23.2 Å². The van der Waals surface area contributed by atoms with Gasteiger partial charge in [0.1, 0.15) is 6.10 Å². The molecule has 0 aliphatic heterocycles. The number of hydrogen-bond donors (Lipinski definition) is 1. The van der Waals surface area contributed by atoms with Crippen LogP contribution in [-0.4, -0.2) is 64.7 Å². The maximum Gasteiger partial charge on any atom is 0.387 e. The van der Waals surface area contributed by atoms with Crippen LogP contribution in [0.25, 0.3) is 0 Å². The van der Waals surface area contributed by atoms with E-state index in [0.29, 0.717) is 30.2 Å². The third kappa shape index (κ3) is 9.48. The first kappa shape index (κ1) is 32.9. The summed E-state index contributed by atoms with van der Waals surface area (Å²) in [7, 11) is -0.132. The Morgan fingerprint density at radius 1 is 1.07 bits per heavy atom. The minimum absolute atomic E-state index is 0.0122. The van der Waals surface area contributed by atoms with Crippen molar-refractivity contribution in [2.75, 3.05) is 33.8 Å². The summed E-state index contributed by atoms with van der Waals surface area (Å²) < 4.78 is 70.2. The maximum atomic E-state index is 13.3. The fraction of sp³-hybridized carbons (Fsp3) is 0.379. The van der Waals surface area contributed by atoms with Gasteiger partial charge in [-0.1, -0.05) is 29.3 Å².